The molecule has 0 saturated carbocycles. The number of rotatable bonds is 10. The molecule has 1 aromatic heterocycles. The Morgan fingerprint density at radius 3 is 0.818 bits per heavy atom. The van der Waals surface area contributed by atoms with Gasteiger partial charge in [0.1, 0.15) is 0 Å². The highest BCUT2D eigenvalue weighted by molar-refractivity contribution is 5.99. The number of hydrogen-bond donors (Lipinski definition) is 0. The van der Waals surface area contributed by atoms with E-state index >= 15 is 0 Å². The van der Waals surface area contributed by atoms with Crippen molar-refractivity contribution in [2.75, 3.05) is 0 Å². The van der Waals surface area contributed by atoms with Crippen LogP contribution in [-0.4, -0.2) is 15.0 Å². The van der Waals surface area contributed by atoms with Crippen LogP contribution in [0, 0.1) is 0 Å². The van der Waals surface area contributed by atoms with E-state index in [1.165, 1.54) is 27.8 Å². The Morgan fingerprint density at radius 1 is 0.167 bits per heavy atom. The third-order valence-corrected chi connectivity index (χ3v) is 12.1. The second kappa shape index (κ2) is 18.1. The first-order valence-electron chi connectivity index (χ1n) is 22.3. The van der Waals surface area contributed by atoms with Crippen LogP contribution >= 0.6 is 0 Å². The fourth-order valence-corrected chi connectivity index (χ4v) is 8.83. The standard InChI is InChI=1S/C63H43N3/c1-6-20-44(21-7-1)49-30-16-34-53(38-49)58-42-57(52-33-19-37-56(41-52)63-65-61(47-26-12-4-13-27-47)64-62(66-63)48-28-14-5-15-29-48)43-59(54-35-17-31-50(39-54)45-22-8-2-9-23-45)60(58)55-36-18-32-51(40-55)46-24-10-3-11-25-46/h1-43H. The molecule has 0 atom stereocenters. The summed E-state index contributed by atoms with van der Waals surface area (Å²) >= 11 is 0. The zero-order chi connectivity index (χ0) is 44.1. The molecule has 0 amide bonds. The zero-order valence-electron chi connectivity index (χ0n) is 36.2. The summed E-state index contributed by atoms with van der Waals surface area (Å²) in [4.78, 5) is 15.2. The van der Waals surface area contributed by atoms with Gasteiger partial charge in [0.25, 0.3) is 0 Å². The molecule has 0 fully saturated rings. The number of hydrogen-bond acceptors (Lipinski definition) is 3. The minimum Gasteiger partial charge on any atom is -0.208 e. The van der Waals surface area contributed by atoms with Gasteiger partial charge < -0.3 is 0 Å². The van der Waals surface area contributed by atoms with E-state index < -0.39 is 0 Å². The van der Waals surface area contributed by atoms with Crippen LogP contribution in [0.25, 0.3) is 112 Å². The summed E-state index contributed by atoms with van der Waals surface area (Å²) < 4.78 is 0. The molecule has 66 heavy (non-hydrogen) atoms. The summed E-state index contributed by atoms with van der Waals surface area (Å²) in [6.45, 7) is 0. The Balaban J connectivity index is 1.15. The van der Waals surface area contributed by atoms with Gasteiger partial charge in [0.15, 0.2) is 17.5 Å². The average molecular weight is 842 g/mol. The molecular weight excluding hydrogens is 799 g/mol. The Kier molecular flexibility index (Phi) is 11.0. The van der Waals surface area contributed by atoms with Crippen molar-refractivity contribution < 1.29 is 0 Å². The molecule has 3 nitrogen and oxygen atoms in total. The van der Waals surface area contributed by atoms with Gasteiger partial charge in [-0.05, 0) is 114 Å². The summed E-state index contributed by atoms with van der Waals surface area (Å²) in [6, 6.07) is 92.5. The third-order valence-electron chi connectivity index (χ3n) is 12.1. The lowest BCUT2D eigenvalue weighted by atomic mass is 9.83. The summed E-state index contributed by atoms with van der Waals surface area (Å²) in [5.41, 5.74) is 18.8. The van der Waals surface area contributed by atoms with E-state index in [0.717, 1.165) is 66.8 Å². The molecule has 3 heteroatoms. The number of nitrogens with zero attached hydrogens (tertiary/aromatic N) is 3. The Bertz CT molecular complexity index is 3280. The normalized spacial score (nSPS) is 11.0. The smallest absolute Gasteiger partial charge is 0.164 e. The first kappa shape index (κ1) is 40.0. The van der Waals surface area contributed by atoms with E-state index in [0.29, 0.717) is 17.5 Å². The van der Waals surface area contributed by atoms with Crippen molar-refractivity contribution in [2.45, 2.75) is 0 Å². The molecule has 0 N–H and O–H groups in total. The van der Waals surface area contributed by atoms with Crippen LogP contribution in [0.3, 0.4) is 0 Å². The van der Waals surface area contributed by atoms with Crippen LogP contribution in [0.15, 0.2) is 261 Å². The molecule has 0 aliphatic carbocycles. The molecule has 0 radical (unpaired) electrons. The van der Waals surface area contributed by atoms with Crippen LogP contribution in [-0.2, 0) is 0 Å². The van der Waals surface area contributed by atoms with Gasteiger partial charge in [-0.3, -0.25) is 0 Å². The zero-order valence-corrected chi connectivity index (χ0v) is 36.2. The van der Waals surface area contributed by atoms with Crippen LogP contribution in [0.4, 0.5) is 0 Å². The van der Waals surface area contributed by atoms with Gasteiger partial charge in [-0.1, -0.05) is 224 Å². The highest BCUT2D eigenvalue weighted by Gasteiger charge is 2.20. The number of aromatic nitrogens is 3. The highest BCUT2D eigenvalue weighted by atomic mass is 15.0. The predicted molar refractivity (Wildman–Crippen MR) is 274 cm³/mol. The molecule has 310 valence electrons. The van der Waals surface area contributed by atoms with Crippen molar-refractivity contribution >= 4 is 0 Å². The van der Waals surface area contributed by atoms with Gasteiger partial charge in [-0.25, -0.2) is 15.0 Å². The van der Waals surface area contributed by atoms with E-state index in [4.69, 9.17) is 15.0 Å². The second-order valence-electron chi connectivity index (χ2n) is 16.4. The summed E-state index contributed by atoms with van der Waals surface area (Å²) in [5, 5.41) is 0. The fraction of sp³-hybridized carbons (Fsp3) is 0. The molecule has 1 heterocycles. The van der Waals surface area contributed by atoms with Gasteiger partial charge in [0, 0.05) is 16.7 Å². The van der Waals surface area contributed by atoms with Crippen molar-refractivity contribution in [1.29, 1.82) is 0 Å². The molecule has 0 bridgehead atoms. The van der Waals surface area contributed by atoms with Crippen molar-refractivity contribution in [3.05, 3.63) is 261 Å². The van der Waals surface area contributed by atoms with Gasteiger partial charge in [-0.15, -0.1) is 0 Å². The second-order valence-corrected chi connectivity index (χ2v) is 16.4. The minimum absolute atomic E-state index is 0.616. The van der Waals surface area contributed by atoms with Gasteiger partial charge >= 0.3 is 0 Å². The van der Waals surface area contributed by atoms with Crippen molar-refractivity contribution in [2.24, 2.45) is 0 Å². The maximum absolute atomic E-state index is 5.11. The molecule has 0 spiro atoms. The first-order chi connectivity index (χ1) is 32.7. The van der Waals surface area contributed by atoms with Gasteiger partial charge in [-0.2, -0.15) is 0 Å². The van der Waals surface area contributed by atoms with Crippen LogP contribution in [0.5, 0.6) is 0 Å². The summed E-state index contributed by atoms with van der Waals surface area (Å²) in [6.07, 6.45) is 0. The van der Waals surface area contributed by atoms with Crippen LogP contribution < -0.4 is 0 Å². The average Bonchev–Trinajstić information content (AvgIpc) is 3.42. The molecule has 11 rings (SSSR count). The lowest BCUT2D eigenvalue weighted by Crippen LogP contribution is -2.00. The van der Waals surface area contributed by atoms with Crippen molar-refractivity contribution in [3.63, 3.8) is 0 Å². The van der Waals surface area contributed by atoms with Crippen molar-refractivity contribution in [1.82, 2.24) is 15.0 Å². The summed E-state index contributed by atoms with van der Waals surface area (Å²) in [5.74, 6) is 1.88. The topological polar surface area (TPSA) is 38.7 Å². The van der Waals surface area contributed by atoms with Crippen LogP contribution in [0.2, 0.25) is 0 Å². The highest BCUT2D eigenvalue weighted by Crippen LogP contribution is 2.46. The van der Waals surface area contributed by atoms with Crippen molar-refractivity contribution in [3.8, 4) is 112 Å². The molecular formula is C63H43N3. The SMILES string of the molecule is c1ccc(-c2cccc(-c3cc(-c4cccc(-c5nc(-c6ccccc6)nc(-c6ccccc6)n5)c4)cc(-c4cccc(-c5ccccc5)c4)c3-c3cccc(-c4ccccc4)c3)c2)cc1. The van der Waals surface area contributed by atoms with Crippen LogP contribution in [0.1, 0.15) is 0 Å². The predicted octanol–water partition coefficient (Wildman–Crippen LogP) is 16.5. The lowest BCUT2D eigenvalue weighted by molar-refractivity contribution is 1.07. The molecule has 10 aromatic carbocycles. The van der Waals surface area contributed by atoms with E-state index in [2.05, 4.69) is 200 Å². The number of benzene rings is 10. The van der Waals surface area contributed by atoms with E-state index in [-0.39, 0.29) is 0 Å². The maximum Gasteiger partial charge on any atom is 0.164 e. The monoisotopic (exact) mass is 841 g/mol. The van der Waals surface area contributed by atoms with E-state index in [1.807, 2.05) is 60.7 Å². The molecule has 0 unspecified atom stereocenters. The quantitative estimate of drug-likeness (QED) is 0.138. The molecule has 0 aliphatic rings. The minimum atomic E-state index is 0.616. The third kappa shape index (κ3) is 8.37. The molecule has 0 saturated heterocycles. The largest absolute Gasteiger partial charge is 0.208 e. The molecule has 0 aliphatic heterocycles. The Hall–Kier alpha value is -8.79. The van der Waals surface area contributed by atoms with Gasteiger partial charge in [0.05, 0.1) is 0 Å². The Labute approximate surface area is 386 Å². The Morgan fingerprint density at radius 2 is 0.424 bits per heavy atom. The maximum atomic E-state index is 5.11. The van der Waals surface area contributed by atoms with E-state index in [9.17, 15) is 0 Å². The first-order valence-corrected chi connectivity index (χ1v) is 22.3. The lowest BCUT2D eigenvalue weighted by Gasteiger charge is -2.21. The molecule has 11 aromatic rings. The van der Waals surface area contributed by atoms with Gasteiger partial charge in [0.2, 0.25) is 0 Å². The summed E-state index contributed by atoms with van der Waals surface area (Å²) in [7, 11) is 0. The van der Waals surface area contributed by atoms with E-state index in [1.54, 1.807) is 0 Å². The fourth-order valence-electron chi connectivity index (χ4n) is 8.83.